The molecule has 1 N–H and O–H groups in total. The topological polar surface area (TPSA) is 67.9 Å². The molecule has 2 amide bonds. The molecule has 1 saturated heterocycles. The lowest BCUT2D eigenvalue weighted by atomic mass is 10.1. The van der Waals surface area contributed by atoms with Crippen LogP contribution in [0.1, 0.15) is 38.5 Å². The van der Waals surface area contributed by atoms with Crippen LogP contribution in [0, 0.1) is 5.92 Å². The predicted molar refractivity (Wildman–Crippen MR) is 92.8 cm³/mol. The number of fused-ring (bicyclic) bond motifs is 1. The molecular formula is C19H24N2O4. The highest BCUT2D eigenvalue weighted by Gasteiger charge is 2.38. The summed E-state index contributed by atoms with van der Waals surface area (Å²) < 4.78 is 11.3. The summed E-state index contributed by atoms with van der Waals surface area (Å²) >= 11 is 0. The monoisotopic (exact) mass is 344 g/mol. The number of likely N-dealkylation sites (tertiary alicyclic amines) is 1. The summed E-state index contributed by atoms with van der Waals surface area (Å²) in [6, 6.07) is 5.77. The molecule has 1 aromatic rings. The van der Waals surface area contributed by atoms with Crippen LogP contribution in [0.2, 0.25) is 0 Å². The van der Waals surface area contributed by atoms with Crippen LogP contribution in [0.3, 0.4) is 0 Å². The standard InChI is InChI=1S/C19H24N2O4/c22-18-10-13(12-21(18)15-4-1-2-5-15)19(23)20-14-6-7-16-17(11-14)25-9-3-8-24-16/h6-7,11,13,15H,1-5,8-10,12H2,(H,20,23)/t13-/m1/s1. The smallest absolute Gasteiger partial charge is 0.229 e. The van der Waals surface area contributed by atoms with Crippen molar-refractivity contribution < 1.29 is 19.1 Å². The molecule has 3 aliphatic rings. The van der Waals surface area contributed by atoms with Crippen molar-refractivity contribution in [3.8, 4) is 11.5 Å². The first kappa shape index (κ1) is 16.2. The normalized spacial score (nSPS) is 23.6. The molecule has 6 nitrogen and oxygen atoms in total. The van der Waals surface area contributed by atoms with Crippen molar-refractivity contribution in [3.05, 3.63) is 18.2 Å². The molecule has 1 atom stereocenters. The Morgan fingerprint density at radius 1 is 1.08 bits per heavy atom. The average Bonchev–Trinajstić information content (AvgIpc) is 3.19. The molecule has 2 fully saturated rings. The van der Waals surface area contributed by atoms with E-state index in [0.717, 1.165) is 19.3 Å². The lowest BCUT2D eigenvalue weighted by molar-refractivity contribution is -0.129. The summed E-state index contributed by atoms with van der Waals surface area (Å²) in [5.41, 5.74) is 0.681. The second-order valence-corrected chi connectivity index (χ2v) is 7.09. The van der Waals surface area contributed by atoms with E-state index in [1.165, 1.54) is 12.8 Å². The first-order chi connectivity index (χ1) is 12.2. The van der Waals surface area contributed by atoms with E-state index < -0.39 is 0 Å². The molecule has 0 aromatic heterocycles. The molecule has 6 heteroatoms. The number of hydrogen-bond acceptors (Lipinski definition) is 4. The van der Waals surface area contributed by atoms with Gasteiger partial charge in [0.25, 0.3) is 0 Å². The van der Waals surface area contributed by atoms with E-state index >= 15 is 0 Å². The number of amides is 2. The Bertz CT molecular complexity index is 669. The quantitative estimate of drug-likeness (QED) is 0.915. The summed E-state index contributed by atoms with van der Waals surface area (Å²) in [6.07, 6.45) is 5.67. The maximum Gasteiger partial charge on any atom is 0.229 e. The number of anilines is 1. The number of ether oxygens (including phenoxy) is 2. The number of carbonyl (C=O) groups excluding carboxylic acids is 2. The van der Waals surface area contributed by atoms with Crippen LogP contribution < -0.4 is 14.8 Å². The highest BCUT2D eigenvalue weighted by atomic mass is 16.5. The highest BCUT2D eigenvalue weighted by Crippen LogP contribution is 2.33. The molecule has 2 aliphatic heterocycles. The summed E-state index contributed by atoms with van der Waals surface area (Å²) in [5, 5.41) is 2.93. The molecule has 4 rings (SSSR count). The third kappa shape index (κ3) is 3.43. The van der Waals surface area contributed by atoms with Crippen LogP contribution in [-0.4, -0.2) is 42.5 Å². The molecule has 0 radical (unpaired) electrons. The van der Waals surface area contributed by atoms with Crippen molar-refractivity contribution >= 4 is 17.5 Å². The Hall–Kier alpha value is -2.24. The van der Waals surface area contributed by atoms with Gasteiger partial charge in [-0.05, 0) is 25.0 Å². The number of hydrogen-bond donors (Lipinski definition) is 1. The van der Waals surface area contributed by atoms with E-state index in [1.54, 1.807) is 6.07 Å². The third-order valence-electron chi connectivity index (χ3n) is 5.31. The Balaban J connectivity index is 1.40. The molecule has 2 heterocycles. The maximum absolute atomic E-state index is 12.6. The first-order valence-corrected chi connectivity index (χ1v) is 9.21. The highest BCUT2D eigenvalue weighted by molar-refractivity contribution is 5.97. The fourth-order valence-electron chi connectivity index (χ4n) is 3.96. The van der Waals surface area contributed by atoms with E-state index in [0.29, 0.717) is 49.4 Å². The van der Waals surface area contributed by atoms with Crippen molar-refractivity contribution in [2.24, 2.45) is 5.92 Å². The largest absolute Gasteiger partial charge is 0.490 e. The minimum Gasteiger partial charge on any atom is -0.490 e. The second kappa shape index (κ2) is 6.94. The Labute approximate surface area is 147 Å². The van der Waals surface area contributed by atoms with Gasteiger partial charge in [0.15, 0.2) is 11.5 Å². The molecule has 0 bridgehead atoms. The molecule has 1 aromatic carbocycles. The number of carbonyl (C=O) groups is 2. The number of benzene rings is 1. The Morgan fingerprint density at radius 2 is 1.84 bits per heavy atom. The predicted octanol–water partition coefficient (Wildman–Crippen LogP) is 2.58. The van der Waals surface area contributed by atoms with Gasteiger partial charge in [-0.15, -0.1) is 0 Å². The second-order valence-electron chi connectivity index (χ2n) is 7.09. The molecule has 1 saturated carbocycles. The van der Waals surface area contributed by atoms with E-state index in [9.17, 15) is 9.59 Å². The van der Waals surface area contributed by atoms with Crippen molar-refractivity contribution in [1.29, 1.82) is 0 Å². The van der Waals surface area contributed by atoms with Gasteiger partial charge in [-0.2, -0.15) is 0 Å². The summed E-state index contributed by atoms with van der Waals surface area (Å²) in [5.74, 6) is 1.11. The summed E-state index contributed by atoms with van der Waals surface area (Å²) in [6.45, 7) is 1.79. The van der Waals surface area contributed by atoms with Crippen molar-refractivity contribution in [3.63, 3.8) is 0 Å². The Morgan fingerprint density at radius 3 is 2.64 bits per heavy atom. The van der Waals surface area contributed by atoms with Crippen LogP contribution in [0.5, 0.6) is 11.5 Å². The molecule has 134 valence electrons. The van der Waals surface area contributed by atoms with Gasteiger partial charge in [-0.3, -0.25) is 9.59 Å². The van der Waals surface area contributed by atoms with Gasteiger partial charge in [-0.25, -0.2) is 0 Å². The molecule has 0 spiro atoms. The number of nitrogens with zero attached hydrogens (tertiary/aromatic N) is 1. The molecule has 25 heavy (non-hydrogen) atoms. The average molecular weight is 344 g/mol. The van der Waals surface area contributed by atoms with E-state index in [4.69, 9.17) is 9.47 Å². The Kier molecular flexibility index (Phi) is 4.51. The van der Waals surface area contributed by atoms with Crippen molar-refractivity contribution in [2.75, 3.05) is 25.1 Å². The fraction of sp³-hybridized carbons (Fsp3) is 0.579. The van der Waals surface area contributed by atoms with E-state index in [2.05, 4.69) is 5.32 Å². The van der Waals surface area contributed by atoms with Crippen molar-refractivity contribution in [2.45, 2.75) is 44.6 Å². The van der Waals surface area contributed by atoms with Crippen LogP contribution in [0.25, 0.3) is 0 Å². The van der Waals surface area contributed by atoms with Gasteiger partial charge in [-0.1, -0.05) is 12.8 Å². The van der Waals surface area contributed by atoms with Crippen LogP contribution in [0.4, 0.5) is 5.69 Å². The number of rotatable bonds is 3. The van der Waals surface area contributed by atoms with Crippen LogP contribution >= 0.6 is 0 Å². The summed E-state index contributed by atoms with van der Waals surface area (Å²) in [4.78, 5) is 26.8. The fourth-order valence-corrected chi connectivity index (χ4v) is 3.96. The van der Waals surface area contributed by atoms with Crippen LogP contribution in [-0.2, 0) is 9.59 Å². The molecule has 0 unspecified atom stereocenters. The van der Waals surface area contributed by atoms with Gasteiger partial charge in [0.05, 0.1) is 19.1 Å². The minimum absolute atomic E-state index is 0.0941. The van der Waals surface area contributed by atoms with E-state index in [-0.39, 0.29) is 17.7 Å². The lowest BCUT2D eigenvalue weighted by Crippen LogP contribution is -2.35. The zero-order chi connectivity index (χ0) is 17.2. The van der Waals surface area contributed by atoms with Gasteiger partial charge in [0.1, 0.15) is 0 Å². The molecule has 1 aliphatic carbocycles. The van der Waals surface area contributed by atoms with E-state index in [1.807, 2.05) is 17.0 Å². The number of nitrogens with one attached hydrogen (secondary N) is 1. The van der Waals surface area contributed by atoms with Gasteiger partial charge in [0, 0.05) is 37.2 Å². The third-order valence-corrected chi connectivity index (χ3v) is 5.31. The SMILES string of the molecule is O=C(Nc1ccc2c(c1)OCCCO2)[C@@H]1CC(=O)N(C2CCCC2)C1. The lowest BCUT2D eigenvalue weighted by Gasteiger charge is -2.23. The van der Waals surface area contributed by atoms with Crippen molar-refractivity contribution in [1.82, 2.24) is 4.90 Å². The van der Waals surface area contributed by atoms with Gasteiger partial charge < -0.3 is 19.7 Å². The first-order valence-electron chi connectivity index (χ1n) is 9.21. The van der Waals surface area contributed by atoms with Crippen LogP contribution in [0.15, 0.2) is 18.2 Å². The zero-order valence-electron chi connectivity index (χ0n) is 14.3. The van der Waals surface area contributed by atoms with Gasteiger partial charge >= 0.3 is 0 Å². The molecular weight excluding hydrogens is 320 g/mol. The summed E-state index contributed by atoms with van der Waals surface area (Å²) in [7, 11) is 0. The van der Waals surface area contributed by atoms with Gasteiger partial charge in [0.2, 0.25) is 11.8 Å². The zero-order valence-corrected chi connectivity index (χ0v) is 14.3. The minimum atomic E-state index is -0.274. The maximum atomic E-state index is 12.6.